The van der Waals surface area contributed by atoms with Crippen molar-refractivity contribution in [2.24, 2.45) is 5.73 Å². The second-order valence-corrected chi connectivity index (χ2v) is 21.1. The number of carbonyl (C=O) groups excluding carboxylic acids is 3. The molecule has 3 atom stereocenters. The van der Waals surface area contributed by atoms with Crippen molar-refractivity contribution in [2.75, 3.05) is 10.6 Å². The highest BCUT2D eigenvalue weighted by atomic mass is 32.2. The highest BCUT2D eigenvalue weighted by Crippen LogP contribution is 2.42. The Hall–Kier alpha value is -7.64. The van der Waals surface area contributed by atoms with Crippen LogP contribution in [0.1, 0.15) is 80.8 Å². The predicted octanol–water partition coefficient (Wildman–Crippen LogP) is 7.30. The molecule has 1 spiro atoms. The number of primary amides is 1. The zero-order valence-corrected chi connectivity index (χ0v) is 39.2. The summed E-state index contributed by atoms with van der Waals surface area (Å²) in [6.45, 7) is 4.56. The lowest BCUT2D eigenvalue weighted by molar-refractivity contribution is 0.0997. The van der Waals surface area contributed by atoms with Gasteiger partial charge in [0.1, 0.15) is 5.66 Å². The first-order valence-corrected chi connectivity index (χ1v) is 25.4. The summed E-state index contributed by atoms with van der Waals surface area (Å²) < 4.78 is 55.9. The number of anilines is 2. The second-order valence-electron chi connectivity index (χ2n) is 17.2. The fourth-order valence-corrected chi connectivity index (χ4v) is 11.9. The van der Waals surface area contributed by atoms with E-state index in [2.05, 4.69) is 42.1 Å². The Morgan fingerprint density at radius 3 is 1.78 bits per heavy atom. The second kappa shape index (κ2) is 18.8. The smallest absolute Gasteiger partial charge is 0.319 e. The molecule has 5 amide bonds. The van der Waals surface area contributed by atoms with Gasteiger partial charge in [0.05, 0.1) is 50.8 Å². The summed E-state index contributed by atoms with van der Waals surface area (Å²) in [6.07, 6.45) is 3.18. The van der Waals surface area contributed by atoms with Crippen LogP contribution in [0.25, 0.3) is 11.1 Å². The molecule has 0 saturated carbocycles. The number of sulfone groups is 2. The number of nitrogens with one attached hydrogen (secondary N) is 7. The minimum Gasteiger partial charge on any atom is -0.366 e. The number of aromatic nitrogens is 2. The van der Waals surface area contributed by atoms with Crippen molar-refractivity contribution in [1.29, 1.82) is 0 Å². The van der Waals surface area contributed by atoms with Crippen LogP contribution in [0, 0.1) is 0 Å². The maximum atomic E-state index is 14.0. The van der Waals surface area contributed by atoms with Gasteiger partial charge in [-0.3, -0.25) is 20.5 Å². The van der Waals surface area contributed by atoms with Crippen molar-refractivity contribution in [2.45, 2.75) is 66.0 Å². The van der Waals surface area contributed by atoms with Gasteiger partial charge in [0.25, 0.3) is 0 Å². The van der Waals surface area contributed by atoms with Crippen LogP contribution in [0.3, 0.4) is 0 Å². The molecule has 7 aromatic rings. The maximum Gasteiger partial charge on any atom is 0.319 e. The number of nitrogens with two attached hydrogens (primary N) is 1. The number of hydrogen-bond donors (Lipinski definition) is 8. The molecule has 3 unspecified atom stereocenters. The third-order valence-electron chi connectivity index (χ3n) is 12.5. The lowest BCUT2D eigenvalue weighted by atomic mass is 9.90. The quantitative estimate of drug-likeness (QED) is 0.0541. The summed E-state index contributed by atoms with van der Waals surface area (Å²) in [5.41, 5.74) is 12.8. The van der Waals surface area contributed by atoms with E-state index >= 15 is 0 Å². The molecule has 0 aliphatic carbocycles. The average molecular weight is 964 g/mol. The van der Waals surface area contributed by atoms with Gasteiger partial charge < -0.3 is 27.0 Å². The molecule has 9 rings (SSSR count). The molecule has 69 heavy (non-hydrogen) atoms. The standard InChI is InChI=1S/C51H49N9O7S2/c1-31(35-9-5-3-6-10-35)57-49(62)59-40-15-20-47(43(23-40)48(52)61)69(66,67)30-34-14-18-45-38(22-34)26-54-51(45)44-17-13-33(21-37(44)25-53-51)29-68(64,65)41-16-19-46(42(24-41)39-27-55-56-28-39)60-50(63)58-32(2)36-11-7-4-8-12-36/h3-24,27-28,31-32,53-54H,25-26,29-30H2,1-2H3,(H2,52,61)(H,55,56)(H2,57,59,62)(H2,58,60,63). The molecule has 2 aliphatic heterocycles. The number of nitrogens with zero attached hydrogens (tertiary/aromatic N) is 1. The van der Waals surface area contributed by atoms with Gasteiger partial charge >= 0.3 is 12.1 Å². The zero-order chi connectivity index (χ0) is 48.5. The Labute approximate surface area is 399 Å². The Morgan fingerprint density at radius 1 is 0.667 bits per heavy atom. The minimum absolute atomic E-state index is 0.0790. The lowest BCUT2D eigenvalue weighted by Crippen LogP contribution is -2.46. The highest BCUT2D eigenvalue weighted by Gasteiger charge is 2.45. The molecular formula is C51H49N9O7S2. The molecule has 0 radical (unpaired) electrons. The summed E-state index contributed by atoms with van der Waals surface area (Å²) in [6, 6.07) is 36.9. The lowest BCUT2D eigenvalue weighted by Gasteiger charge is -2.27. The first-order chi connectivity index (χ1) is 33.1. The van der Waals surface area contributed by atoms with E-state index in [1.165, 1.54) is 24.3 Å². The minimum atomic E-state index is -4.09. The van der Waals surface area contributed by atoms with Gasteiger partial charge in [-0.25, -0.2) is 26.4 Å². The van der Waals surface area contributed by atoms with E-state index in [9.17, 15) is 31.2 Å². The van der Waals surface area contributed by atoms with E-state index in [1.54, 1.807) is 36.7 Å². The number of fused-ring (bicyclic) bond motifs is 4. The van der Waals surface area contributed by atoms with E-state index in [0.717, 1.165) is 33.4 Å². The summed E-state index contributed by atoms with van der Waals surface area (Å²) in [5.74, 6) is -1.65. The number of carbonyl (C=O) groups is 3. The fourth-order valence-electron chi connectivity index (χ4n) is 9.05. The highest BCUT2D eigenvalue weighted by molar-refractivity contribution is 7.91. The number of urea groups is 2. The van der Waals surface area contributed by atoms with Crippen LogP contribution in [-0.2, 0) is 49.9 Å². The summed E-state index contributed by atoms with van der Waals surface area (Å²) in [7, 11) is -7.97. The molecule has 9 N–H and O–H groups in total. The molecule has 16 nitrogen and oxygen atoms in total. The van der Waals surface area contributed by atoms with Crippen LogP contribution in [0.2, 0.25) is 0 Å². The number of hydrogen-bond acceptors (Lipinski definition) is 10. The van der Waals surface area contributed by atoms with Crippen molar-refractivity contribution in [3.8, 4) is 11.1 Å². The zero-order valence-electron chi connectivity index (χ0n) is 37.5. The molecule has 1 aromatic heterocycles. The monoisotopic (exact) mass is 963 g/mol. The van der Waals surface area contributed by atoms with Crippen LogP contribution in [0.5, 0.6) is 0 Å². The number of aromatic amines is 1. The van der Waals surface area contributed by atoms with Gasteiger partial charge in [-0.2, -0.15) is 5.10 Å². The SMILES string of the molecule is CC(NC(=O)Nc1ccc(S(=O)(=O)Cc2ccc3c(c2)CNC32NCc3cc(CS(=O)(=O)c4ccc(NC(=O)NC(C)c5ccccc5)c(-c5cn[nH]c5)c4)ccc32)c(C(N)=O)c1)c1ccccc1. The summed E-state index contributed by atoms with van der Waals surface area (Å²) in [4.78, 5) is 38.3. The third kappa shape index (κ3) is 9.73. The third-order valence-corrected chi connectivity index (χ3v) is 15.9. The van der Waals surface area contributed by atoms with Gasteiger partial charge in [0.2, 0.25) is 5.91 Å². The average Bonchev–Trinajstić information content (AvgIpc) is 4.09. The van der Waals surface area contributed by atoms with Crippen molar-refractivity contribution in [3.63, 3.8) is 0 Å². The normalized spacial score (nSPS) is 16.0. The van der Waals surface area contributed by atoms with Crippen LogP contribution in [-0.4, -0.2) is 45.0 Å². The molecule has 18 heteroatoms. The topological polar surface area (TPSA) is 246 Å². The predicted molar refractivity (Wildman–Crippen MR) is 262 cm³/mol. The number of benzene rings is 6. The molecule has 0 saturated heterocycles. The molecule has 0 bridgehead atoms. The largest absolute Gasteiger partial charge is 0.366 e. The van der Waals surface area contributed by atoms with Crippen LogP contribution in [0.15, 0.2) is 156 Å². The molecule has 6 aromatic carbocycles. The maximum absolute atomic E-state index is 14.0. The van der Waals surface area contributed by atoms with E-state index in [-0.39, 0.29) is 38.9 Å². The van der Waals surface area contributed by atoms with Gasteiger partial charge in [0.15, 0.2) is 19.7 Å². The molecule has 352 valence electrons. The van der Waals surface area contributed by atoms with Crippen molar-refractivity contribution < 1.29 is 31.2 Å². The van der Waals surface area contributed by atoms with Crippen molar-refractivity contribution >= 4 is 49.0 Å². The number of rotatable bonds is 14. The van der Waals surface area contributed by atoms with E-state index < -0.39 is 49.1 Å². The molecular weight excluding hydrogens is 915 g/mol. The van der Waals surface area contributed by atoms with Gasteiger partial charge in [-0.15, -0.1) is 0 Å². The van der Waals surface area contributed by atoms with Crippen molar-refractivity contribution in [3.05, 3.63) is 196 Å². The fraction of sp³-hybridized carbons (Fsp3) is 0.176. The van der Waals surface area contributed by atoms with Crippen LogP contribution in [0.4, 0.5) is 21.0 Å². The van der Waals surface area contributed by atoms with Crippen molar-refractivity contribution in [1.82, 2.24) is 31.5 Å². The van der Waals surface area contributed by atoms with Gasteiger partial charge in [-0.05, 0) is 94.8 Å². The van der Waals surface area contributed by atoms with Gasteiger partial charge in [0, 0.05) is 36.1 Å². The molecule has 3 heterocycles. The molecule has 0 fully saturated rings. The Morgan fingerprint density at radius 2 is 1.23 bits per heavy atom. The Kier molecular flexibility index (Phi) is 12.7. The number of amides is 5. The Balaban J connectivity index is 0.884. The summed E-state index contributed by atoms with van der Waals surface area (Å²) in [5, 5.41) is 25.2. The van der Waals surface area contributed by atoms with Crippen LogP contribution >= 0.6 is 0 Å². The van der Waals surface area contributed by atoms with Crippen LogP contribution < -0.4 is 37.6 Å². The first kappa shape index (κ1) is 46.5. The number of H-pyrrole nitrogens is 1. The van der Waals surface area contributed by atoms with E-state index in [1.807, 2.05) is 98.8 Å². The Bertz CT molecular complexity index is 3340. The van der Waals surface area contributed by atoms with Gasteiger partial charge in [-0.1, -0.05) is 97.1 Å². The summed E-state index contributed by atoms with van der Waals surface area (Å²) >= 11 is 0. The van der Waals surface area contributed by atoms with E-state index in [0.29, 0.717) is 41.0 Å². The van der Waals surface area contributed by atoms with E-state index in [4.69, 9.17) is 5.73 Å². The molecule has 2 aliphatic rings. The first-order valence-electron chi connectivity index (χ1n) is 22.1.